The minimum Gasteiger partial charge on any atom is -0.493 e. The molecule has 0 aromatic heterocycles. The van der Waals surface area contributed by atoms with Gasteiger partial charge in [-0.1, -0.05) is 48.9 Å². The van der Waals surface area contributed by atoms with Crippen LogP contribution in [0.5, 0.6) is 5.75 Å². The Morgan fingerprint density at radius 1 is 1.19 bits per heavy atom. The van der Waals surface area contributed by atoms with Gasteiger partial charge in [0.1, 0.15) is 5.75 Å². The van der Waals surface area contributed by atoms with Gasteiger partial charge in [0.15, 0.2) is 0 Å². The number of rotatable bonds is 4. The summed E-state index contributed by atoms with van der Waals surface area (Å²) in [7, 11) is 0. The smallest absolute Gasteiger partial charge is 0.122 e. The second kappa shape index (κ2) is 5.90. The quantitative estimate of drug-likeness (QED) is 0.910. The zero-order valence-electron chi connectivity index (χ0n) is 13.0. The number of hydrogen-bond donors (Lipinski definition) is 1. The second-order valence-corrected chi connectivity index (χ2v) is 5.85. The molecule has 0 saturated heterocycles. The van der Waals surface area contributed by atoms with Crippen molar-refractivity contribution < 1.29 is 4.74 Å². The molecule has 110 valence electrons. The number of likely N-dealkylation sites (N-methyl/N-ethyl adjacent to an activating group) is 1. The van der Waals surface area contributed by atoms with E-state index in [0.717, 1.165) is 18.9 Å². The van der Waals surface area contributed by atoms with Gasteiger partial charge in [-0.05, 0) is 37.6 Å². The van der Waals surface area contributed by atoms with E-state index < -0.39 is 0 Å². The molecule has 2 atom stereocenters. The highest BCUT2D eigenvalue weighted by Crippen LogP contribution is 2.41. The number of benzene rings is 2. The maximum atomic E-state index is 5.89. The van der Waals surface area contributed by atoms with Crippen LogP contribution in [-0.2, 0) is 0 Å². The number of nitrogens with one attached hydrogen (secondary N) is 1. The van der Waals surface area contributed by atoms with Crippen LogP contribution in [0.15, 0.2) is 42.5 Å². The van der Waals surface area contributed by atoms with Crippen molar-refractivity contribution in [2.75, 3.05) is 13.2 Å². The van der Waals surface area contributed by atoms with E-state index in [4.69, 9.17) is 4.74 Å². The molecule has 0 aliphatic carbocycles. The molecule has 2 aromatic rings. The van der Waals surface area contributed by atoms with Crippen molar-refractivity contribution in [1.82, 2.24) is 5.32 Å². The third-order valence-corrected chi connectivity index (χ3v) is 4.33. The maximum Gasteiger partial charge on any atom is 0.122 e. The molecule has 2 nitrogen and oxygen atoms in total. The van der Waals surface area contributed by atoms with Gasteiger partial charge in [0, 0.05) is 17.5 Å². The Morgan fingerprint density at radius 2 is 2.00 bits per heavy atom. The van der Waals surface area contributed by atoms with E-state index in [9.17, 15) is 0 Å². The van der Waals surface area contributed by atoms with Crippen LogP contribution >= 0.6 is 0 Å². The molecule has 1 heterocycles. The Bertz CT molecular complexity index is 635. The molecule has 0 saturated carbocycles. The lowest BCUT2D eigenvalue weighted by atomic mass is 9.86. The lowest BCUT2D eigenvalue weighted by Gasteiger charge is -2.26. The third kappa shape index (κ3) is 2.68. The van der Waals surface area contributed by atoms with Crippen molar-refractivity contribution in [1.29, 1.82) is 0 Å². The average molecular weight is 281 g/mol. The summed E-state index contributed by atoms with van der Waals surface area (Å²) in [5, 5.41) is 3.67. The predicted molar refractivity (Wildman–Crippen MR) is 87.0 cm³/mol. The molecule has 1 aliphatic rings. The highest BCUT2D eigenvalue weighted by molar-refractivity contribution is 5.44. The van der Waals surface area contributed by atoms with Gasteiger partial charge in [-0.3, -0.25) is 0 Å². The maximum absolute atomic E-state index is 5.89. The first-order chi connectivity index (χ1) is 10.2. The molecule has 2 aromatic carbocycles. The standard InChI is InChI=1S/C19H23NO/c1-4-20-19(16-11-13(2)9-10-14(16)3)17-12-21-18-8-6-5-7-15(17)18/h5-11,17,19-20H,4,12H2,1-3H3. The summed E-state index contributed by atoms with van der Waals surface area (Å²) in [4.78, 5) is 0. The molecule has 0 amide bonds. The van der Waals surface area contributed by atoms with E-state index in [0.29, 0.717) is 12.0 Å². The number of aryl methyl sites for hydroxylation is 2. The van der Waals surface area contributed by atoms with Crippen molar-refractivity contribution in [2.24, 2.45) is 0 Å². The van der Waals surface area contributed by atoms with Crippen molar-refractivity contribution in [3.63, 3.8) is 0 Å². The fourth-order valence-corrected chi connectivity index (χ4v) is 3.25. The molecular weight excluding hydrogens is 258 g/mol. The van der Waals surface area contributed by atoms with E-state index in [1.165, 1.54) is 22.3 Å². The number of ether oxygens (including phenoxy) is 1. The molecule has 1 aliphatic heterocycles. The van der Waals surface area contributed by atoms with Crippen LogP contribution in [0.25, 0.3) is 0 Å². The van der Waals surface area contributed by atoms with Gasteiger partial charge in [0.05, 0.1) is 6.61 Å². The summed E-state index contributed by atoms with van der Waals surface area (Å²) >= 11 is 0. The van der Waals surface area contributed by atoms with Crippen molar-refractivity contribution in [3.8, 4) is 5.75 Å². The molecule has 0 spiro atoms. The van der Waals surface area contributed by atoms with Gasteiger partial charge in [-0.2, -0.15) is 0 Å². The van der Waals surface area contributed by atoms with E-state index in [1.54, 1.807) is 0 Å². The van der Waals surface area contributed by atoms with Crippen LogP contribution in [0.4, 0.5) is 0 Å². The van der Waals surface area contributed by atoms with E-state index >= 15 is 0 Å². The second-order valence-electron chi connectivity index (χ2n) is 5.85. The number of para-hydroxylation sites is 1. The largest absolute Gasteiger partial charge is 0.493 e. The highest BCUT2D eigenvalue weighted by Gasteiger charge is 2.32. The van der Waals surface area contributed by atoms with Crippen molar-refractivity contribution in [3.05, 3.63) is 64.7 Å². The molecule has 1 N–H and O–H groups in total. The number of hydrogen-bond acceptors (Lipinski definition) is 2. The lowest BCUT2D eigenvalue weighted by molar-refractivity contribution is 0.300. The molecule has 21 heavy (non-hydrogen) atoms. The predicted octanol–water partition coefficient (Wildman–Crippen LogP) is 4.13. The summed E-state index contributed by atoms with van der Waals surface area (Å²) < 4.78 is 5.89. The molecule has 0 bridgehead atoms. The van der Waals surface area contributed by atoms with Gasteiger partial charge in [-0.25, -0.2) is 0 Å². The molecule has 0 radical (unpaired) electrons. The minimum atomic E-state index is 0.304. The van der Waals surface area contributed by atoms with Gasteiger partial charge in [0.25, 0.3) is 0 Å². The van der Waals surface area contributed by atoms with Crippen LogP contribution in [0.2, 0.25) is 0 Å². The van der Waals surface area contributed by atoms with Gasteiger partial charge >= 0.3 is 0 Å². The van der Waals surface area contributed by atoms with Crippen molar-refractivity contribution in [2.45, 2.75) is 32.7 Å². The monoisotopic (exact) mass is 281 g/mol. The topological polar surface area (TPSA) is 21.3 Å². The Morgan fingerprint density at radius 3 is 2.81 bits per heavy atom. The summed E-state index contributed by atoms with van der Waals surface area (Å²) in [6, 6.07) is 15.4. The average Bonchev–Trinajstić information content (AvgIpc) is 2.91. The normalized spacial score (nSPS) is 18.1. The summed E-state index contributed by atoms with van der Waals surface area (Å²) in [6.07, 6.45) is 0. The first-order valence-corrected chi connectivity index (χ1v) is 7.73. The summed E-state index contributed by atoms with van der Waals surface area (Å²) in [5.74, 6) is 1.41. The Balaban J connectivity index is 2.01. The Hall–Kier alpha value is -1.80. The van der Waals surface area contributed by atoms with Gasteiger partial charge in [0.2, 0.25) is 0 Å². The summed E-state index contributed by atoms with van der Waals surface area (Å²) in [5.41, 5.74) is 5.37. The van der Waals surface area contributed by atoms with Crippen molar-refractivity contribution >= 4 is 0 Å². The Labute approximate surface area is 127 Å². The van der Waals surface area contributed by atoms with Crippen LogP contribution in [0.1, 0.15) is 41.1 Å². The fraction of sp³-hybridized carbons (Fsp3) is 0.368. The van der Waals surface area contributed by atoms with Crippen LogP contribution < -0.4 is 10.1 Å². The molecule has 0 fully saturated rings. The van der Waals surface area contributed by atoms with Crippen LogP contribution in [0.3, 0.4) is 0 Å². The zero-order valence-corrected chi connectivity index (χ0v) is 13.0. The first kappa shape index (κ1) is 14.2. The van der Waals surface area contributed by atoms with Crippen LogP contribution in [-0.4, -0.2) is 13.2 Å². The molecular formula is C19H23NO. The molecule has 2 heteroatoms. The molecule has 3 rings (SSSR count). The SMILES string of the molecule is CCNC(c1cc(C)ccc1C)C1COc2ccccc21. The molecule has 2 unspecified atom stereocenters. The third-order valence-electron chi connectivity index (χ3n) is 4.33. The summed E-state index contributed by atoms with van der Waals surface area (Å²) in [6.45, 7) is 8.23. The van der Waals surface area contributed by atoms with E-state index in [2.05, 4.69) is 62.5 Å². The minimum absolute atomic E-state index is 0.304. The first-order valence-electron chi connectivity index (χ1n) is 7.73. The highest BCUT2D eigenvalue weighted by atomic mass is 16.5. The fourth-order valence-electron chi connectivity index (χ4n) is 3.25. The van der Waals surface area contributed by atoms with Gasteiger partial charge in [-0.15, -0.1) is 0 Å². The zero-order chi connectivity index (χ0) is 14.8. The van der Waals surface area contributed by atoms with E-state index in [-0.39, 0.29) is 0 Å². The lowest BCUT2D eigenvalue weighted by Crippen LogP contribution is -2.28. The van der Waals surface area contributed by atoms with E-state index in [1.807, 2.05) is 6.07 Å². The van der Waals surface area contributed by atoms with Gasteiger partial charge < -0.3 is 10.1 Å². The van der Waals surface area contributed by atoms with Crippen LogP contribution in [0, 0.1) is 13.8 Å². The number of fused-ring (bicyclic) bond motifs is 1. The Kier molecular flexibility index (Phi) is 3.98.